The molecular weight excluding hydrogens is 482 g/mol. The number of hydroxylamine groups is 2. The van der Waals surface area contributed by atoms with Crippen LogP contribution in [0.4, 0.5) is 8.78 Å². The number of carbonyl (C=O) groups excluding carboxylic acids is 1. The number of aromatic nitrogens is 5. The molecule has 1 amide bonds. The van der Waals surface area contributed by atoms with Crippen LogP contribution >= 0.6 is 11.6 Å². The molecule has 0 aliphatic carbocycles. The first kappa shape index (κ1) is 24.4. The van der Waals surface area contributed by atoms with E-state index in [0.717, 1.165) is 0 Å². The van der Waals surface area contributed by atoms with Crippen molar-refractivity contribution in [1.82, 2.24) is 35.1 Å². The Balaban J connectivity index is 1.40. The molecule has 3 aromatic heterocycles. The van der Waals surface area contributed by atoms with Gasteiger partial charge in [-0.2, -0.15) is 13.9 Å². The van der Waals surface area contributed by atoms with Gasteiger partial charge in [-0.15, -0.1) is 0 Å². The number of amidine groups is 1. The van der Waals surface area contributed by atoms with Crippen molar-refractivity contribution in [3.05, 3.63) is 77.5 Å². The van der Waals surface area contributed by atoms with Crippen molar-refractivity contribution in [2.75, 3.05) is 6.54 Å². The zero-order chi connectivity index (χ0) is 24.8. The highest BCUT2D eigenvalue weighted by atomic mass is 35.5. The normalized spacial score (nSPS) is 15.5. The molecule has 182 valence electrons. The second-order valence-corrected chi connectivity index (χ2v) is 8.03. The van der Waals surface area contributed by atoms with Crippen LogP contribution in [0.2, 0.25) is 0 Å². The molecule has 1 aliphatic heterocycles. The van der Waals surface area contributed by atoms with E-state index in [2.05, 4.69) is 30.4 Å². The second kappa shape index (κ2) is 10.7. The molecule has 0 fully saturated rings. The smallest absolute Gasteiger partial charge is 0.308 e. The van der Waals surface area contributed by atoms with Crippen LogP contribution in [0, 0.1) is 0 Å². The summed E-state index contributed by atoms with van der Waals surface area (Å²) in [5.74, 6) is -3.78. The summed E-state index contributed by atoms with van der Waals surface area (Å²) in [5.41, 5.74) is 0.854. The van der Waals surface area contributed by atoms with Gasteiger partial charge in [-0.25, -0.2) is 14.7 Å². The zero-order valence-corrected chi connectivity index (χ0v) is 19.1. The molecule has 3 aromatic rings. The lowest BCUT2D eigenvalue weighted by Crippen LogP contribution is -2.35. The first-order valence-corrected chi connectivity index (χ1v) is 11.0. The summed E-state index contributed by atoms with van der Waals surface area (Å²) in [7, 11) is 0. The number of nitrogens with zero attached hydrogens (tertiary/aromatic N) is 7. The fourth-order valence-corrected chi connectivity index (χ4v) is 3.66. The lowest BCUT2D eigenvalue weighted by Gasteiger charge is -2.28. The Morgan fingerprint density at radius 3 is 2.77 bits per heavy atom. The van der Waals surface area contributed by atoms with Crippen molar-refractivity contribution >= 4 is 23.3 Å². The number of carbonyl (C=O) groups is 1. The third kappa shape index (κ3) is 5.84. The predicted molar refractivity (Wildman–Crippen MR) is 122 cm³/mol. The van der Waals surface area contributed by atoms with E-state index in [4.69, 9.17) is 11.6 Å². The van der Waals surface area contributed by atoms with Crippen molar-refractivity contribution in [3.63, 3.8) is 0 Å². The van der Waals surface area contributed by atoms with Gasteiger partial charge in [-0.1, -0.05) is 17.7 Å². The highest BCUT2D eigenvalue weighted by molar-refractivity contribution is 6.30. The van der Waals surface area contributed by atoms with Crippen molar-refractivity contribution in [3.8, 4) is 5.69 Å². The number of nitrogens with one attached hydrogen (secondary N) is 1. The average molecular weight is 503 g/mol. The van der Waals surface area contributed by atoms with Crippen molar-refractivity contribution in [1.29, 1.82) is 0 Å². The van der Waals surface area contributed by atoms with Crippen LogP contribution in [0.15, 0.2) is 71.1 Å². The minimum atomic E-state index is -3.32. The SMILES string of the molecule is O=C(CC1=C(Cl)CCC(=NCC(F)(F)c2ccccn2)N1O)NCc1ncccc1-n1cncn1. The number of hydrogen-bond donors (Lipinski definition) is 2. The van der Waals surface area contributed by atoms with Gasteiger partial charge in [0.05, 0.1) is 30.0 Å². The van der Waals surface area contributed by atoms with Gasteiger partial charge >= 0.3 is 5.92 Å². The number of amides is 1. The lowest BCUT2D eigenvalue weighted by atomic mass is 10.1. The Hall–Kier alpha value is -3.77. The predicted octanol–water partition coefficient (Wildman–Crippen LogP) is 3.19. The maximum absolute atomic E-state index is 14.4. The fourth-order valence-electron chi connectivity index (χ4n) is 3.41. The molecule has 0 radical (unpaired) electrons. The number of allylic oxidation sites excluding steroid dienone is 1. The molecule has 13 heteroatoms. The van der Waals surface area contributed by atoms with E-state index in [-0.39, 0.29) is 42.4 Å². The van der Waals surface area contributed by atoms with E-state index < -0.39 is 24.1 Å². The lowest BCUT2D eigenvalue weighted by molar-refractivity contribution is -0.121. The maximum Gasteiger partial charge on any atom is 0.308 e. The molecule has 4 heterocycles. The summed E-state index contributed by atoms with van der Waals surface area (Å²) in [6.07, 6.45) is 5.87. The van der Waals surface area contributed by atoms with E-state index in [9.17, 15) is 18.8 Å². The molecule has 10 nitrogen and oxygen atoms in total. The van der Waals surface area contributed by atoms with E-state index >= 15 is 0 Å². The van der Waals surface area contributed by atoms with Crippen molar-refractivity contribution < 1.29 is 18.8 Å². The largest absolute Gasteiger partial charge is 0.350 e. The van der Waals surface area contributed by atoms with Crippen LogP contribution in [0.3, 0.4) is 0 Å². The van der Waals surface area contributed by atoms with E-state index in [0.29, 0.717) is 16.4 Å². The van der Waals surface area contributed by atoms with Gasteiger partial charge < -0.3 is 5.32 Å². The van der Waals surface area contributed by atoms with Gasteiger partial charge in [0.25, 0.3) is 0 Å². The standard InChI is InChI=1S/C22H21ClF2N8O2/c23-15-6-7-20(30-12-22(24,25)19-5-1-2-8-28-19)33(35)18(15)10-21(34)29-11-16-17(4-3-9-27-16)32-14-26-13-31-32/h1-5,8-9,13-14,35H,6-7,10-12H2,(H,29,34). The van der Waals surface area contributed by atoms with Gasteiger partial charge in [0.2, 0.25) is 5.91 Å². The second-order valence-electron chi connectivity index (χ2n) is 7.58. The molecule has 0 unspecified atom stereocenters. The Morgan fingerprint density at radius 1 is 1.20 bits per heavy atom. The van der Waals surface area contributed by atoms with Crippen molar-refractivity contribution in [2.24, 2.45) is 4.99 Å². The quantitative estimate of drug-likeness (QED) is 0.485. The minimum Gasteiger partial charge on any atom is -0.350 e. The zero-order valence-electron chi connectivity index (χ0n) is 18.4. The number of aliphatic imine (C=N–C) groups is 1. The molecule has 35 heavy (non-hydrogen) atoms. The van der Waals surface area contributed by atoms with Gasteiger partial charge in [0.15, 0.2) is 0 Å². The van der Waals surface area contributed by atoms with Crippen LogP contribution in [-0.2, 0) is 17.3 Å². The Bertz CT molecular complexity index is 1240. The summed E-state index contributed by atoms with van der Waals surface area (Å²) in [6, 6.07) is 7.72. The monoisotopic (exact) mass is 502 g/mol. The first-order chi connectivity index (χ1) is 16.8. The number of rotatable bonds is 8. The maximum atomic E-state index is 14.4. The number of alkyl halides is 2. The van der Waals surface area contributed by atoms with E-state index in [1.54, 1.807) is 18.3 Å². The number of hydrogen-bond acceptors (Lipinski definition) is 7. The van der Waals surface area contributed by atoms with Crippen LogP contribution in [0.25, 0.3) is 5.69 Å². The summed E-state index contributed by atoms with van der Waals surface area (Å²) < 4.78 is 30.4. The third-order valence-electron chi connectivity index (χ3n) is 5.19. The summed E-state index contributed by atoms with van der Waals surface area (Å²) in [5, 5.41) is 18.2. The first-order valence-electron chi connectivity index (χ1n) is 10.6. The molecule has 4 rings (SSSR count). The fraction of sp³-hybridized carbons (Fsp3) is 0.273. The van der Waals surface area contributed by atoms with Gasteiger partial charge in [-0.3, -0.25) is 25.0 Å². The number of pyridine rings is 2. The van der Waals surface area contributed by atoms with Crippen LogP contribution < -0.4 is 5.32 Å². The van der Waals surface area contributed by atoms with Gasteiger partial charge in [0.1, 0.15) is 30.7 Å². The molecule has 0 saturated carbocycles. The van der Waals surface area contributed by atoms with Gasteiger partial charge in [0, 0.05) is 23.8 Å². The topological polar surface area (TPSA) is 121 Å². The third-order valence-corrected chi connectivity index (χ3v) is 5.60. The summed E-state index contributed by atoms with van der Waals surface area (Å²) >= 11 is 6.24. The summed E-state index contributed by atoms with van der Waals surface area (Å²) in [4.78, 5) is 28.4. The van der Waals surface area contributed by atoms with E-state index in [1.807, 2.05) is 0 Å². The average Bonchev–Trinajstić information content (AvgIpc) is 3.40. The van der Waals surface area contributed by atoms with Crippen LogP contribution in [0.5, 0.6) is 0 Å². The molecular formula is C22H21ClF2N8O2. The molecule has 0 bridgehead atoms. The van der Waals surface area contributed by atoms with Crippen LogP contribution in [0.1, 0.15) is 30.7 Å². The van der Waals surface area contributed by atoms with Crippen LogP contribution in [-0.4, -0.2) is 53.3 Å². The Morgan fingerprint density at radius 2 is 2.03 bits per heavy atom. The Labute approximate surface area is 204 Å². The molecule has 0 saturated heterocycles. The molecule has 0 spiro atoms. The highest BCUT2D eigenvalue weighted by Gasteiger charge is 2.34. The highest BCUT2D eigenvalue weighted by Crippen LogP contribution is 2.30. The van der Waals surface area contributed by atoms with Gasteiger partial charge in [-0.05, 0) is 30.7 Å². The van der Waals surface area contributed by atoms with Crippen molar-refractivity contribution in [2.45, 2.75) is 31.7 Å². The molecule has 0 aromatic carbocycles. The number of halogens is 3. The molecule has 0 atom stereocenters. The molecule has 2 N–H and O–H groups in total. The minimum absolute atomic E-state index is 0.00833. The Kier molecular flexibility index (Phi) is 7.42. The van der Waals surface area contributed by atoms with E-state index in [1.165, 1.54) is 41.7 Å². The molecule has 1 aliphatic rings. The summed E-state index contributed by atoms with van der Waals surface area (Å²) in [6.45, 7) is -0.819.